The number of amides is 1. The molecule has 40 heavy (non-hydrogen) atoms. The average Bonchev–Trinajstić information content (AvgIpc) is 3.42. The molecule has 5 aromatic rings. The van der Waals surface area contributed by atoms with Crippen LogP contribution in [0.3, 0.4) is 0 Å². The van der Waals surface area contributed by atoms with Gasteiger partial charge in [0.2, 0.25) is 0 Å². The van der Waals surface area contributed by atoms with E-state index in [4.69, 9.17) is 0 Å². The number of imidazole rings is 1. The van der Waals surface area contributed by atoms with E-state index in [2.05, 4.69) is 32.1 Å². The molecule has 0 bridgehead atoms. The molecule has 3 aromatic heterocycles. The third-order valence-corrected chi connectivity index (χ3v) is 7.50. The fourth-order valence-corrected chi connectivity index (χ4v) is 5.06. The number of rotatable bonds is 7. The summed E-state index contributed by atoms with van der Waals surface area (Å²) in [6.07, 6.45) is 5.61. The van der Waals surface area contributed by atoms with Crippen molar-refractivity contribution >= 4 is 11.6 Å². The Labute approximate surface area is 232 Å². The zero-order valence-corrected chi connectivity index (χ0v) is 22.4. The fraction of sp³-hybridized carbons (Fsp3) is 0.219. The molecule has 1 aliphatic heterocycles. The first-order valence-corrected chi connectivity index (χ1v) is 13.5. The summed E-state index contributed by atoms with van der Waals surface area (Å²) in [6.45, 7) is 5.75. The number of aromatic nitrogens is 3. The monoisotopic (exact) mass is 534 g/mol. The van der Waals surface area contributed by atoms with Gasteiger partial charge in [0.25, 0.3) is 5.91 Å². The highest BCUT2D eigenvalue weighted by molar-refractivity contribution is 5.94. The molecule has 2 aromatic carbocycles. The number of likely N-dealkylation sites (N-methyl/N-ethyl adjacent to an activating group) is 1. The maximum atomic E-state index is 13.4. The molecular formula is C32H31FN6O. The molecule has 1 aliphatic rings. The smallest absolute Gasteiger partial charge is 0.251 e. The van der Waals surface area contributed by atoms with Crippen molar-refractivity contribution in [3.05, 3.63) is 103 Å². The van der Waals surface area contributed by atoms with Crippen molar-refractivity contribution in [1.29, 1.82) is 0 Å². The topological polar surface area (TPSA) is 65.8 Å². The number of piperazine rings is 1. The van der Waals surface area contributed by atoms with E-state index in [1.54, 1.807) is 18.3 Å². The van der Waals surface area contributed by atoms with E-state index >= 15 is 0 Å². The van der Waals surface area contributed by atoms with Crippen LogP contribution in [0.25, 0.3) is 39.3 Å². The molecule has 4 heterocycles. The number of benzene rings is 2. The van der Waals surface area contributed by atoms with Gasteiger partial charge >= 0.3 is 0 Å². The summed E-state index contributed by atoms with van der Waals surface area (Å²) in [6, 6.07) is 22.0. The Morgan fingerprint density at radius 3 is 2.38 bits per heavy atom. The summed E-state index contributed by atoms with van der Waals surface area (Å²) in [4.78, 5) is 26.5. The second-order valence-electron chi connectivity index (χ2n) is 10.2. The lowest BCUT2D eigenvalue weighted by Crippen LogP contribution is -2.46. The van der Waals surface area contributed by atoms with Crippen molar-refractivity contribution in [3.63, 3.8) is 0 Å². The highest BCUT2D eigenvalue weighted by Crippen LogP contribution is 2.28. The van der Waals surface area contributed by atoms with Crippen LogP contribution in [0, 0.1) is 5.82 Å². The molecule has 1 amide bonds. The van der Waals surface area contributed by atoms with E-state index < -0.39 is 0 Å². The van der Waals surface area contributed by atoms with Crippen LogP contribution >= 0.6 is 0 Å². The van der Waals surface area contributed by atoms with Crippen LogP contribution in [0.5, 0.6) is 0 Å². The lowest BCUT2D eigenvalue weighted by molar-refractivity contribution is 0.0941. The SMILES string of the molecule is CN1CCN(CCNC(=O)c2ccc(-c3ccn4c(-c5ccnc(-c6ccc(F)cc6)c5)cnc4c3)cc2)CC1. The van der Waals surface area contributed by atoms with Gasteiger partial charge in [-0.05, 0) is 78.8 Å². The molecule has 6 rings (SSSR count). The molecular weight excluding hydrogens is 503 g/mol. The summed E-state index contributed by atoms with van der Waals surface area (Å²) >= 11 is 0. The molecule has 1 fully saturated rings. The summed E-state index contributed by atoms with van der Waals surface area (Å²) in [5.74, 6) is -0.321. The van der Waals surface area contributed by atoms with Crippen molar-refractivity contribution in [2.45, 2.75) is 0 Å². The number of carbonyl (C=O) groups is 1. The second-order valence-corrected chi connectivity index (χ2v) is 10.2. The van der Waals surface area contributed by atoms with Gasteiger partial charge in [-0.3, -0.25) is 19.1 Å². The van der Waals surface area contributed by atoms with Crippen molar-refractivity contribution in [1.82, 2.24) is 29.5 Å². The third kappa shape index (κ3) is 5.64. The summed E-state index contributed by atoms with van der Waals surface area (Å²) in [5, 5.41) is 3.05. The largest absolute Gasteiger partial charge is 0.351 e. The molecule has 1 N–H and O–H groups in total. The van der Waals surface area contributed by atoms with Crippen molar-refractivity contribution < 1.29 is 9.18 Å². The van der Waals surface area contributed by atoms with Crippen LogP contribution in [0.2, 0.25) is 0 Å². The lowest BCUT2D eigenvalue weighted by Gasteiger charge is -2.32. The van der Waals surface area contributed by atoms with Crippen LogP contribution < -0.4 is 5.32 Å². The van der Waals surface area contributed by atoms with Crippen molar-refractivity contribution in [3.8, 4) is 33.6 Å². The minimum Gasteiger partial charge on any atom is -0.351 e. The van der Waals surface area contributed by atoms with E-state index in [9.17, 15) is 9.18 Å². The number of hydrogen-bond donors (Lipinski definition) is 1. The Morgan fingerprint density at radius 1 is 0.850 bits per heavy atom. The van der Waals surface area contributed by atoms with Crippen LogP contribution in [0.1, 0.15) is 10.4 Å². The molecule has 0 radical (unpaired) electrons. The summed E-state index contributed by atoms with van der Waals surface area (Å²) < 4.78 is 15.4. The highest BCUT2D eigenvalue weighted by Gasteiger charge is 2.14. The quantitative estimate of drug-likeness (QED) is 0.324. The van der Waals surface area contributed by atoms with Crippen LogP contribution in [0.15, 0.2) is 91.4 Å². The summed E-state index contributed by atoms with van der Waals surface area (Å²) in [5.41, 5.74) is 7.05. The molecule has 202 valence electrons. The number of hydrogen-bond acceptors (Lipinski definition) is 5. The molecule has 7 nitrogen and oxygen atoms in total. The normalized spacial score (nSPS) is 14.4. The number of pyridine rings is 2. The number of fused-ring (bicyclic) bond motifs is 1. The van der Waals surface area contributed by atoms with E-state index in [0.29, 0.717) is 12.1 Å². The first-order chi connectivity index (χ1) is 19.5. The third-order valence-electron chi connectivity index (χ3n) is 7.50. The number of halogens is 1. The van der Waals surface area contributed by atoms with Gasteiger partial charge in [-0.1, -0.05) is 12.1 Å². The maximum Gasteiger partial charge on any atom is 0.251 e. The Bertz CT molecular complexity index is 1620. The predicted molar refractivity (Wildman–Crippen MR) is 156 cm³/mol. The van der Waals surface area contributed by atoms with Gasteiger partial charge in [-0.2, -0.15) is 0 Å². The average molecular weight is 535 g/mol. The first kappa shape index (κ1) is 25.9. The molecule has 0 aliphatic carbocycles. The predicted octanol–water partition coefficient (Wildman–Crippen LogP) is 4.85. The molecule has 0 atom stereocenters. The summed E-state index contributed by atoms with van der Waals surface area (Å²) in [7, 11) is 2.14. The van der Waals surface area contributed by atoms with Gasteiger partial charge in [0.05, 0.1) is 17.6 Å². The molecule has 8 heteroatoms. The van der Waals surface area contributed by atoms with E-state index in [-0.39, 0.29) is 11.7 Å². The fourth-order valence-electron chi connectivity index (χ4n) is 5.06. The van der Waals surface area contributed by atoms with E-state index in [0.717, 1.165) is 72.0 Å². The first-order valence-electron chi connectivity index (χ1n) is 13.5. The number of carbonyl (C=O) groups excluding carboxylic acids is 1. The Hall–Kier alpha value is -4.40. The zero-order valence-electron chi connectivity index (χ0n) is 22.4. The second kappa shape index (κ2) is 11.4. The number of nitrogens with one attached hydrogen (secondary N) is 1. The van der Waals surface area contributed by atoms with Gasteiger partial charge in [-0.25, -0.2) is 9.37 Å². The molecule has 1 saturated heterocycles. The minimum atomic E-state index is -0.271. The molecule has 0 saturated carbocycles. The van der Waals surface area contributed by atoms with E-state index in [1.807, 2.05) is 65.3 Å². The van der Waals surface area contributed by atoms with E-state index in [1.165, 1.54) is 12.1 Å². The standard InChI is InChI=1S/C32H31FN6O/c1-37-16-18-38(19-17-37)15-13-35-32(40)25-4-2-23(3-5-25)26-11-14-39-30(22-36-31(39)21-26)27-10-12-34-29(20-27)24-6-8-28(33)9-7-24/h2-12,14,20-22H,13,15-19H2,1H3,(H,35,40). The Balaban J connectivity index is 1.14. The van der Waals surface area contributed by atoms with Gasteiger partial charge in [-0.15, -0.1) is 0 Å². The zero-order chi connectivity index (χ0) is 27.5. The highest BCUT2D eigenvalue weighted by atomic mass is 19.1. The van der Waals surface area contributed by atoms with Crippen molar-refractivity contribution in [2.75, 3.05) is 46.3 Å². The minimum absolute atomic E-state index is 0.0496. The van der Waals surface area contributed by atoms with Gasteiger partial charge in [0.15, 0.2) is 0 Å². The Morgan fingerprint density at radius 2 is 1.60 bits per heavy atom. The van der Waals surface area contributed by atoms with Crippen LogP contribution in [-0.2, 0) is 0 Å². The van der Waals surface area contributed by atoms with Crippen molar-refractivity contribution in [2.24, 2.45) is 0 Å². The number of nitrogens with zero attached hydrogens (tertiary/aromatic N) is 5. The molecule has 0 spiro atoms. The lowest BCUT2D eigenvalue weighted by atomic mass is 10.0. The van der Waals surface area contributed by atoms with Crippen LogP contribution in [0.4, 0.5) is 4.39 Å². The maximum absolute atomic E-state index is 13.4. The van der Waals surface area contributed by atoms with Gasteiger partial charge < -0.3 is 10.2 Å². The molecule has 0 unspecified atom stereocenters. The van der Waals surface area contributed by atoms with Gasteiger partial charge in [0.1, 0.15) is 11.5 Å². The van der Waals surface area contributed by atoms with Crippen LogP contribution in [-0.4, -0.2) is 76.4 Å². The van der Waals surface area contributed by atoms with Gasteiger partial charge in [0, 0.05) is 68.4 Å². The Kier molecular flexibility index (Phi) is 7.35.